The first kappa shape index (κ1) is 9.20. The van der Waals surface area contributed by atoms with Gasteiger partial charge in [-0.05, 0) is 12.3 Å². The summed E-state index contributed by atoms with van der Waals surface area (Å²) in [6.45, 7) is 4.63. The molecule has 0 aromatic heterocycles. The van der Waals surface area contributed by atoms with Crippen molar-refractivity contribution in [3.63, 3.8) is 0 Å². The molecule has 0 heterocycles. The summed E-state index contributed by atoms with van der Waals surface area (Å²) in [7, 11) is 1.49. The first-order valence-corrected chi connectivity index (χ1v) is 3.39. The Balaban J connectivity index is 3.40. The Labute approximate surface area is 60.9 Å². The number of rotatable bonds is 4. The predicted molar refractivity (Wildman–Crippen MR) is 39.1 cm³/mol. The normalized spacial score (nSPS) is 10.0. The average Bonchev–Trinajstić information content (AvgIpc) is 1.82. The molecule has 0 bridgehead atoms. The van der Waals surface area contributed by atoms with Crippen molar-refractivity contribution in [1.82, 2.24) is 5.01 Å². The second-order valence-corrected chi connectivity index (χ2v) is 2.80. The lowest BCUT2D eigenvalue weighted by molar-refractivity contribution is -0.649. The third-order valence-electron chi connectivity index (χ3n) is 1.31. The van der Waals surface area contributed by atoms with Gasteiger partial charge in [-0.25, -0.2) is 10.1 Å². The van der Waals surface area contributed by atoms with Gasteiger partial charge >= 0.3 is 0 Å². The molecule has 0 saturated carbocycles. The zero-order valence-corrected chi connectivity index (χ0v) is 6.70. The Morgan fingerprint density at radius 1 is 1.60 bits per heavy atom. The molecule has 0 spiro atoms. The van der Waals surface area contributed by atoms with E-state index < -0.39 is 0 Å². The molecule has 0 atom stereocenters. The molecule has 0 saturated heterocycles. The van der Waals surface area contributed by atoms with Crippen LogP contribution >= 0.6 is 0 Å². The molecule has 4 heteroatoms. The largest absolute Gasteiger partial charge is 0.235 e. The number of nitro groups is 1. The molecule has 0 fully saturated rings. The quantitative estimate of drug-likeness (QED) is 0.441. The van der Waals surface area contributed by atoms with E-state index in [9.17, 15) is 10.1 Å². The summed E-state index contributed by atoms with van der Waals surface area (Å²) < 4.78 is 0. The van der Waals surface area contributed by atoms with E-state index in [1.54, 1.807) is 0 Å². The molecule has 0 aromatic carbocycles. The minimum Gasteiger partial charge on any atom is -0.235 e. The van der Waals surface area contributed by atoms with Gasteiger partial charge in [0.25, 0.3) is 0 Å². The lowest BCUT2D eigenvalue weighted by Crippen LogP contribution is -2.26. The number of hydrogen-bond donors (Lipinski definition) is 0. The molecule has 0 aromatic rings. The maximum absolute atomic E-state index is 10.0. The predicted octanol–water partition coefficient (Wildman–Crippen LogP) is 1.16. The minimum absolute atomic E-state index is 0.387. The fourth-order valence-corrected chi connectivity index (χ4v) is 0.527. The number of hydrazine groups is 1. The molecule has 0 radical (unpaired) electrons. The van der Waals surface area contributed by atoms with Crippen LogP contribution in [0.4, 0.5) is 0 Å². The van der Waals surface area contributed by atoms with Crippen molar-refractivity contribution < 1.29 is 5.03 Å². The smallest absolute Gasteiger partial charge is 0.159 e. The third kappa shape index (κ3) is 4.12. The van der Waals surface area contributed by atoms with Gasteiger partial charge in [-0.1, -0.05) is 13.8 Å². The second kappa shape index (κ2) is 4.09. The number of hydrogen-bond acceptors (Lipinski definition) is 2. The Hall–Kier alpha value is -0.800. The highest BCUT2D eigenvalue weighted by atomic mass is 16.7. The van der Waals surface area contributed by atoms with E-state index in [0.717, 1.165) is 11.4 Å². The van der Waals surface area contributed by atoms with E-state index >= 15 is 0 Å². The Kier molecular flexibility index (Phi) is 3.76. The van der Waals surface area contributed by atoms with Gasteiger partial charge in [-0.2, -0.15) is 0 Å². The van der Waals surface area contributed by atoms with Crippen molar-refractivity contribution in [2.24, 2.45) is 5.92 Å². The topological polar surface area (TPSA) is 46.4 Å². The summed E-state index contributed by atoms with van der Waals surface area (Å²) in [6, 6.07) is 0. The molecule has 0 unspecified atom stereocenters. The van der Waals surface area contributed by atoms with Crippen LogP contribution in [0.25, 0.3) is 0 Å². The van der Waals surface area contributed by atoms with Crippen LogP contribution in [0.3, 0.4) is 0 Å². The maximum Gasteiger partial charge on any atom is 0.159 e. The first-order valence-electron chi connectivity index (χ1n) is 3.39. The van der Waals surface area contributed by atoms with Gasteiger partial charge in [0.2, 0.25) is 0 Å². The molecule has 0 N–H and O–H groups in total. The zero-order chi connectivity index (χ0) is 8.15. The van der Waals surface area contributed by atoms with Crippen LogP contribution < -0.4 is 0 Å². The van der Waals surface area contributed by atoms with Crippen molar-refractivity contribution >= 4 is 0 Å². The summed E-state index contributed by atoms with van der Waals surface area (Å²) in [5.41, 5.74) is 0. The molecule has 60 valence electrons. The van der Waals surface area contributed by atoms with E-state index in [1.807, 2.05) is 13.8 Å². The third-order valence-corrected chi connectivity index (χ3v) is 1.31. The number of nitrogens with zero attached hydrogens (tertiary/aromatic N) is 2. The minimum atomic E-state index is -0.387. The van der Waals surface area contributed by atoms with Gasteiger partial charge in [0.15, 0.2) is 5.03 Å². The van der Waals surface area contributed by atoms with E-state index in [2.05, 4.69) is 0 Å². The summed E-state index contributed by atoms with van der Waals surface area (Å²) in [6.07, 6.45) is 0.872. The van der Waals surface area contributed by atoms with Gasteiger partial charge < -0.3 is 0 Å². The second-order valence-electron chi connectivity index (χ2n) is 2.80. The fraction of sp³-hybridized carbons (Fsp3) is 1.00. The van der Waals surface area contributed by atoms with Crippen LogP contribution in [0.5, 0.6) is 0 Å². The standard InChI is InChI=1S/C6H14N2O2/c1-6(2)4-5-7(3)8(9)10/h6H,4-5H2,1-3H3. The highest BCUT2D eigenvalue weighted by molar-refractivity contribution is 4.45. The van der Waals surface area contributed by atoms with E-state index in [-0.39, 0.29) is 5.03 Å². The fourth-order valence-electron chi connectivity index (χ4n) is 0.527. The molecular weight excluding hydrogens is 132 g/mol. The van der Waals surface area contributed by atoms with E-state index in [1.165, 1.54) is 7.05 Å². The molecule has 0 aliphatic carbocycles. The molecule has 0 rings (SSSR count). The van der Waals surface area contributed by atoms with Crippen LogP contribution in [-0.2, 0) is 0 Å². The lowest BCUT2D eigenvalue weighted by atomic mass is 10.1. The lowest BCUT2D eigenvalue weighted by Gasteiger charge is -2.08. The molecule has 10 heavy (non-hydrogen) atoms. The summed E-state index contributed by atoms with van der Waals surface area (Å²) >= 11 is 0. The van der Waals surface area contributed by atoms with Crippen molar-refractivity contribution in [2.75, 3.05) is 13.6 Å². The van der Waals surface area contributed by atoms with Crippen LogP contribution in [-0.4, -0.2) is 23.6 Å². The van der Waals surface area contributed by atoms with Crippen LogP contribution in [0.2, 0.25) is 0 Å². The zero-order valence-electron chi connectivity index (χ0n) is 6.70. The summed E-state index contributed by atoms with van der Waals surface area (Å²) in [4.78, 5) is 10.0. The molecular formula is C6H14N2O2. The monoisotopic (exact) mass is 146 g/mol. The van der Waals surface area contributed by atoms with Gasteiger partial charge in [-0.3, -0.25) is 0 Å². The SMILES string of the molecule is CC(C)CCN(C)[N+](=O)[O-]. The average molecular weight is 146 g/mol. The Morgan fingerprint density at radius 2 is 2.10 bits per heavy atom. The van der Waals surface area contributed by atoms with Crippen molar-refractivity contribution in [2.45, 2.75) is 20.3 Å². The molecule has 0 amide bonds. The Morgan fingerprint density at radius 3 is 2.40 bits per heavy atom. The molecule has 0 aliphatic rings. The summed E-state index contributed by atoms with van der Waals surface area (Å²) in [5, 5.41) is 10.8. The van der Waals surface area contributed by atoms with E-state index in [4.69, 9.17) is 0 Å². The first-order chi connectivity index (χ1) is 4.54. The maximum atomic E-state index is 10.0. The highest BCUT2D eigenvalue weighted by Gasteiger charge is 2.06. The van der Waals surface area contributed by atoms with Gasteiger partial charge in [-0.15, -0.1) is 5.01 Å². The van der Waals surface area contributed by atoms with Gasteiger partial charge in [0, 0.05) is 0 Å². The molecule has 4 nitrogen and oxygen atoms in total. The Bertz CT molecular complexity index is 114. The van der Waals surface area contributed by atoms with E-state index in [0.29, 0.717) is 12.5 Å². The van der Waals surface area contributed by atoms with Crippen molar-refractivity contribution in [3.05, 3.63) is 10.1 Å². The van der Waals surface area contributed by atoms with Crippen molar-refractivity contribution in [3.8, 4) is 0 Å². The van der Waals surface area contributed by atoms with Crippen LogP contribution in [0, 0.1) is 16.0 Å². The van der Waals surface area contributed by atoms with Crippen molar-refractivity contribution in [1.29, 1.82) is 0 Å². The van der Waals surface area contributed by atoms with Crippen LogP contribution in [0.15, 0.2) is 0 Å². The van der Waals surface area contributed by atoms with Gasteiger partial charge in [0.05, 0.1) is 13.6 Å². The van der Waals surface area contributed by atoms with Gasteiger partial charge in [0.1, 0.15) is 0 Å². The summed E-state index contributed by atoms with van der Waals surface area (Å²) in [5.74, 6) is 0.530. The van der Waals surface area contributed by atoms with Crippen LogP contribution in [0.1, 0.15) is 20.3 Å². The highest BCUT2D eigenvalue weighted by Crippen LogP contribution is 1.99. The molecule has 0 aliphatic heterocycles.